The van der Waals surface area contributed by atoms with Crippen LogP contribution in [0.15, 0.2) is 24.4 Å². The van der Waals surface area contributed by atoms with Crippen LogP contribution in [0.2, 0.25) is 15.1 Å². The molecule has 25 heavy (non-hydrogen) atoms. The van der Waals surface area contributed by atoms with Crippen LogP contribution in [0.1, 0.15) is 25.5 Å². The van der Waals surface area contributed by atoms with Crippen molar-refractivity contribution in [3.05, 3.63) is 45.0 Å². The van der Waals surface area contributed by atoms with E-state index < -0.39 is 0 Å². The van der Waals surface area contributed by atoms with Crippen molar-refractivity contribution in [3.63, 3.8) is 0 Å². The van der Waals surface area contributed by atoms with Gasteiger partial charge < -0.3 is 15.5 Å². The average molecular weight is 401 g/mol. The lowest BCUT2D eigenvalue weighted by Gasteiger charge is -2.32. The fraction of sp³-hybridized carbons (Fsp3) is 0.412. The highest BCUT2D eigenvalue weighted by atomic mass is 35.5. The Morgan fingerprint density at radius 2 is 2.08 bits per heavy atom. The first-order valence-corrected chi connectivity index (χ1v) is 9.30. The molecule has 2 aromatic rings. The molecule has 134 valence electrons. The zero-order valence-electron chi connectivity index (χ0n) is 14.1. The van der Waals surface area contributed by atoms with Crippen molar-refractivity contribution in [3.8, 4) is 0 Å². The van der Waals surface area contributed by atoms with Gasteiger partial charge in [0.2, 0.25) is 5.95 Å². The quantitative estimate of drug-likeness (QED) is 0.796. The predicted octanol–water partition coefficient (Wildman–Crippen LogP) is 4.41. The molecule has 1 aromatic heterocycles. The van der Waals surface area contributed by atoms with Gasteiger partial charge in [-0.2, -0.15) is 4.98 Å². The minimum atomic E-state index is -0.0769. The SMILES string of the molecule is CC(Nc1nc(N2CCN[C@H](C)C2)ncc1Cl)c1ccc(Cl)cc1Cl. The maximum absolute atomic E-state index is 6.29. The van der Waals surface area contributed by atoms with Gasteiger partial charge in [0, 0.05) is 35.7 Å². The van der Waals surface area contributed by atoms with E-state index in [-0.39, 0.29) is 6.04 Å². The number of hydrogen-bond donors (Lipinski definition) is 2. The molecule has 0 spiro atoms. The molecule has 3 rings (SSSR count). The highest BCUT2D eigenvalue weighted by Gasteiger charge is 2.20. The van der Waals surface area contributed by atoms with Crippen LogP contribution in [0.5, 0.6) is 0 Å². The average Bonchev–Trinajstić information content (AvgIpc) is 2.56. The normalized spacial score (nSPS) is 18.9. The largest absolute Gasteiger partial charge is 0.362 e. The van der Waals surface area contributed by atoms with Gasteiger partial charge in [-0.25, -0.2) is 4.98 Å². The maximum atomic E-state index is 6.29. The lowest BCUT2D eigenvalue weighted by Crippen LogP contribution is -2.49. The number of piperazine rings is 1. The van der Waals surface area contributed by atoms with Gasteiger partial charge in [0.05, 0.1) is 12.2 Å². The van der Waals surface area contributed by atoms with Crippen molar-refractivity contribution in [2.75, 3.05) is 29.9 Å². The van der Waals surface area contributed by atoms with Crippen LogP contribution in [-0.2, 0) is 0 Å². The molecule has 5 nitrogen and oxygen atoms in total. The molecule has 0 bridgehead atoms. The lowest BCUT2D eigenvalue weighted by molar-refractivity contribution is 0.479. The van der Waals surface area contributed by atoms with E-state index in [4.69, 9.17) is 34.8 Å². The Kier molecular flexibility index (Phi) is 5.89. The summed E-state index contributed by atoms with van der Waals surface area (Å²) in [7, 11) is 0. The summed E-state index contributed by atoms with van der Waals surface area (Å²) in [5.41, 5.74) is 0.929. The van der Waals surface area contributed by atoms with Crippen molar-refractivity contribution >= 4 is 46.6 Å². The molecule has 2 N–H and O–H groups in total. The van der Waals surface area contributed by atoms with Crippen molar-refractivity contribution in [2.45, 2.75) is 25.9 Å². The number of hydrogen-bond acceptors (Lipinski definition) is 5. The second-order valence-corrected chi connectivity index (χ2v) is 7.45. The number of nitrogens with one attached hydrogen (secondary N) is 2. The van der Waals surface area contributed by atoms with E-state index in [0.717, 1.165) is 25.2 Å². The minimum absolute atomic E-state index is 0.0769. The Morgan fingerprint density at radius 1 is 1.28 bits per heavy atom. The molecular weight excluding hydrogens is 381 g/mol. The third kappa shape index (κ3) is 4.47. The standard InChI is InChI=1S/C17H20Cl3N5/c1-10-9-25(6-5-21-10)17-22-8-15(20)16(24-17)23-11(2)13-4-3-12(18)7-14(13)19/h3-4,7-8,10-11,21H,5-6,9H2,1-2H3,(H,22,23,24)/t10-,11?/m1/s1. The van der Waals surface area contributed by atoms with E-state index >= 15 is 0 Å². The second kappa shape index (κ2) is 7.96. The molecule has 0 saturated carbocycles. The molecule has 1 aliphatic rings. The summed E-state index contributed by atoms with van der Waals surface area (Å²) in [6.45, 7) is 6.78. The molecular formula is C17H20Cl3N5. The Bertz CT molecular complexity index is 755. The van der Waals surface area contributed by atoms with Crippen molar-refractivity contribution in [1.29, 1.82) is 0 Å². The molecule has 0 aliphatic carbocycles. The lowest BCUT2D eigenvalue weighted by atomic mass is 10.1. The zero-order chi connectivity index (χ0) is 18.0. The van der Waals surface area contributed by atoms with Crippen LogP contribution < -0.4 is 15.5 Å². The van der Waals surface area contributed by atoms with E-state index in [1.54, 1.807) is 12.3 Å². The number of rotatable bonds is 4. The van der Waals surface area contributed by atoms with E-state index in [2.05, 4.69) is 32.4 Å². The Labute approximate surface area is 162 Å². The Balaban J connectivity index is 1.80. The zero-order valence-corrected chi connectivity index (χ0v) is 16.3. The molecule has 0 amide bonds. The smallest absolute Gasteiger partial charge is 0.227 e. The highest BCUT2D eigenvalue weighted by molar-refractivity contribution is 6.35. The third-order valence-corrected chi connectivity index (χ3v) is 5.00. The molecule has 8 heteroatoms. The third-order valence-electron chi connectivity index (χ3n) is 4.17. The summed E-state index contributed by atoms with van der Waals surface area (Å²) in [6, 6.07) is 5.77. The van der Waals surface area contributed by atoms with Crippen LogP contribution in [-0.4, -0.2) is 35.6 Å². The Hall–Kier alpha value is -1.27. The molecule has 0 radical (unpaired) electrons. The fourth-order valence-electron chi connectivity index (χ4n) is 2.86. The molecule has 1 aromatic carbocycles. The highest BCUT2D eigenvalue weighted by Crippen LogP contribution is 2.30. The van der Waals surface area contributed by atoms with Gasteiger partial charge in [-0.3, -0.25) is 0 Å². The van der Waals surface area contributed by atoms with E-state index in [0.29, 0.717) is 32.9 Å². The molecule has 1 unspecified atom stereocenters. The van der Waals surface area contributed by atoms with Crippen molar-refractivity contribution in [1.82, 2.24) is 15.3 Å². The summed E-state index contributed by atoms with van der Waals surface area (Å²) >= 11 is 18.6. The van der Waals surface area contributed by atoms with Crippen molar-refractivity contribution in [2.24, 2.45) is 0 Å². The monoisotopic (exact) mass is 399 g/mol. The minimum Gasteiger partial charge on any atom is -0.362 e. The van der Waals surface area contributed by atoms with E-state index in [1.807, 2.05) is 19.1 Å². The number of anilines is 2. The number of benzene rings is 1. The molecule has 1 aliphatic heterocycles. The van der Waals surface area contributed by atoms with Crippen LogP contribution in [0, 0.1) is 0 Å². The van der Waals surface area contributed by atoms with Gasteiger partial charge in [0.25, 0.3) is 0 Å². The summed E-state index contributed by atoms with van der Waals surface area (Å²) in [5.74, 6) is 1.27. The molecule has 1 saturated heterocycles. The van der Waals surface area contributed by atoms with Gasteiger partial charge in [0.1, 0.15) is 5.02 Å². The van der Waals surface area contributed by atoms with E-state index in [1.165, 1.54) is 0 Å². The van der Waals surface area contributed by atoms with Crippen LogP contribution in [0.3, 0.4) is 0 Å². The molecule has 2 atom stereocenters. The topological polar surface area (TPSA) is 53.1 Å². The molecule has 2 heterocycles. The van der Waals surface area contributed by atoms with E-state index in [9.17, 15) is 0 Å². The first-order valence-electron chi connectivity index (χ1n) is 8.16. The number of nitrogens with zero attached hydrogens (tertiary/aromatic N) is 3. The summed E-state index contributed by atoms with van der Waals surface area (Å²) in [4.78, 5) is 11.2. The second-order valence-electron chi connectivity index (χ2n) is 6.20. The first-order chi connectivity index (χ1) is 11.9. The summed E-state index contributed by atoms with van der Waals surface area (Å²) in [5, 5.41) is 8.42. The van der Waals surface area contributed by atoms with Gasteiger partial charge in [-0.1, -0.05) is 40.9 Å². The van der Waals surface area contributed by atoms with Crippen LogP contribution >= 0.6 is 34.8 Å². The van der Waals surface area contributed by atoms with Crippen LogP contribution in [0.25, 0.3) is 0 Å². The predicted molar refractivity (Wildman–Crippen MR) is 105 cm³/mol. The van der Waals surface area contributed by atoms with Gasteiger partial charge in [0.15, 0.2) is 5.82 Å². The van der Waals surface area contributed by atoms with Crippen molar-refractivity contribution < 1.29 is 0 Å². The number of halogens is 3. The summed E-state index contributed by atoms with van der Waals surface area (Å²) < 4.78 is 0. The molecule has 1 fully saturated rings. The number of aromatic nitrogens is 2. The van der Waals surface area contributed by atoms with Crippen LogP contribution in [0.4, 0.5) is 11.8 Å². The Morgan fingerprint density at radius 3 is 2.80 bits per heavy atom. The summed E-state index contributed by atoms with van der Waals surface area (Å²) in [6.07, 6.45) is 1.63. The first kappa shape index (κ1) is 18.5. The maximum Gasteiger partial charge on any atom is 0.227 e. The fourth-order valence-corrected chi connectivity index (χ4v) is 3.58. The van der Waals surface area contributed by atoms with Gasteiger partial charge in [-0.05, 0) is 31.5 Å². The van der Waals surface area contributed by atoms with Gasteiger partial charge in [-0.15, -0.1) is 0 Å². The van der Waals surface area contributed by atoms with Gasteiger partial charge >= 0.3 is 0 Å².